The molecule has 1 aliphatic rings. The Bertz CT molecular complexity index is 668. The van der Waals surface area contributed by atoms with Crippen molar-refractivity contribution in [3.8, 4) is 5.75 Å². The van der Waals surface area contributed by atoms with Crippen LogP contribution in [0.1, 0.15) is 44.7 Å². The minimum absolute atomic E-state index is 0.490. The van der Waals surface area contributed by atoms with Crippen LogP contribution in [0, 0.1) is 6.92 Å². The third-order valence-corrected chi connectivity index (χ3v) is 4.24. The lowest BCUT2D eigenvalue weighted by molar-refractivity contribution is 0.342. The molecule has 5 heteroatoms. The molecule has 128 valence electrons. The van der Waals surface area contributed by atoms with Crippen molar-refractivity contribution in [1.82, 2.24) is 9.97 Å². The second kappa shape index (κ2) is 7.99. The molecular weight excluding hydrogens is 300 g/mol. The van der Waals surface area contributed by atoms with Gasteiger partial charge in [-0.3, -0.25) is 0 Å². The van der Waals surface area contributed by atoms with Crippen molar-refractivity contribution < 1.29 is 4.74 Å². The predicted octanol–water partition coefficient (Wildman–Crippen LogP) is 4.67. The lowest BCUT2D eigenvalue weighted by Gasteiger charge is -2.23. The minimum atomic E-state index is 0.490. The van der Waals surface area contributed by atoms with Crippen LogP contribution in [-0.4, -0.2) is 22.6 Å². The maximum absolute atomic E-state index is 5.67. The van der Waals surface area contributed by atoms with Gasteiger partial charge in [-0.25, -0.2) is 4.98 Å². The summed E-state index contributed by atoms with van der Waals surface area (Å²) in [6.07, 6.45) is 6.32. The lowest BCUT2D eigenvalue weighted by atomic mass is 9.96. The van der Waals surface area contributed by atoms with E-state index in [0.717, 1.165) is 22.9 Å². The number of hydrogen-bond acceptors (Lipinski definition) is 5. The summed E-state index contributed by atoms with van der Waals surface area (Å²) in [7, 11) is 0. The summed E-state index contributed by atoms with van der Waals surface area (Å²) in [6, 6.07) is 10.4. The Labute approximate surface area is 143 Å². The maximum atomic E-state index is 5.67. The highest BCUT2D eigenvalue weighted by Gasteiger charge is 2.15. The van der Waals surface area contributed by atoms with Crippen LogP contribution in [0.25, 0.3) is 0 Å². The third-order valence-electron chi connectivity index (χ3n) is 4.24. The van der Waals surface area contributed by atoms with Gasteiger partial charge >= 0.3 is 0 Å². The van der Waals surface area contributed by atoms with Crippen molar-refractivity contribution in [3.05, 3.63) is 36.0 Å². The molecule has 2 aromatic rings. The first-order valence-electron chi connectivity index (χ1n) is 8.85. The second-order valence-electron chi connectivity index (χ2n) is 6.25. The lowest BCUT2D eigenvalue weighted by Crippen LogP contribution is -2.23. The molecule has 0 bridgehead atoms. The number of aromatic nitrogens is 2. The number of hydrogen-bond donors (Lipinski definition) is 2. The molecule has 1 saturated carbocycles. The van der Waals surface area contributed by atoms with Gasteiger partial charge < -0.3 is 15.4 Å². The summed E-state index contributed by atoms with van der Waals surface area (Å²) in [4.78, 5) is 9.17. The molecule has 2 N–H and O–H groups in total. The molecule has 0 unspecified atom stereocenters. The Morgan fingerprint density at radius 1 is 1.12 bits per heavy atom. The van der Waals surface area contributed by atoms with Crippen molar-refractivity contribution in [2.45, 2.75) is 52.0 Å². The summed E-state index contributed by atoms with van der Waals surface area (Å²) in [5.41, 5.74) is 1.86. The zero-order chi connectivity index (χ0) is 16.8. The van der Waals surface area contributed by atoms with E-state index < -0.39 is 0 Å². The summed E-state index contributed by atoms with van der Waals surface area (Å²) in [5.74, 6) is 2.32. The molecule has 1 aliphatic carbocycles. The first kappa shape index (κ1) is 16.6. The number of nitrogens with one attached hydrogen (secondary N) is 2. The molecule has 5 nitrogen and oxygen atoms in total. The molecule has 1 fully saturated rings. The van der Waals surface area contributed by atoms with Gasteiger partial charge in [0, 0.05) is 17.8 Å². The number of para-hydroxylation sites is 2. The van der Waals surface area contributed by atoms with Gasteiger partial charge in [0.05, 0.1) is 12.3 Å². The fourth-order valence-electron chi connectivity index (χ4n) is 3.12. The highest BCUT2D eigenvalue weighted by atomic mass is 16.5. The number of aryl methyl sites for hydroxylation is 1. The molecule has 0 saturated heterocycles. The van der Waals surface area contributed by atoms with Crippen LogP contribution in [0.2, 0.25) is 0 Å². The average Bonchev–Trinajstić information content (AvgIpc) is 2.57. The van der Waals surface area contributed by atoms with Crippen molar-refractivity contribution in [2.75, 3.05) is 17.2 Å². The van der Waals surface area contributed by atoms with Crippen molar-refractivity contribution >= 4 is 17.5 Å². The third kappa shape index (κ3) is 4.37. The highest BCUT2D eigenvalue weighted by molar-refractivity contribution is 5.64. The first-order valence-corrected chi connectivity index (χ1v) is 8.85. The SMILES string of the molecule is CCOc1ccccc1Nc1cc(C)nc(NC2CCCCC2)n1. The largest absolute Gasteiger partial charge is 0.492 e. The topological polar surface area (TPSA) is 59.1 Å². The van der Waals surface area contributed by atoms with E-state index in [-0.39, 0.29) is 0 Å². The monoisotopic (exact) mass is 326 g/mol. The molecular formula is C19H26N4O. The van der Waals surface area contributed by atoms with E-state index in [2.05, 4.69) is 20.6 Å². The van der Waals surface area contributed by atoms with Gasteiger partial charge in [-0.05, 0) is 38.8 Å². The van der Waals surface area contributed by atoms with Crippen LogP contribution >= 0.6 is 0 Å². The molecule has 24 heavy (non-hydrogen) atoms. The van der Waals surface area contributed by atoms with Crippen molar-refractivity contribution in [1.29, 1.82) is 0 Å². The van der Waals surface area contributed by atoms with E-state index in [1.807, 2.05) is 44.2 Å². The van der Waals surface area contributed by atoms with Gasteiger partial charge in [-0.1, -0.05) is 31.4 Å². The average molecular weight is 326 g/mol. The molecule has 1 heterocycles. The van der Waals surface area contributed by atoms with Crippen molar-refractivity contribution in [3.63, 3.8) is 0 Å². The fraction of sp³-hybridized carbons (Fsp3) is 0.474. The number of rotatable bonds is 6. The quantitative estimate of drug-likeness (QED) is 0.807. The van der Waals surface area contributed by atoms with Gasteiger partial charge in [-0.2, -0.15) is 4.98 Å². The van der Waals surface area contributed by atoms with E-state index in [0.29, 0.717) is 18.6 Å². The Kier molecular flexibility index (Phi) is 5.51. The van der Waals surface area contributed by atoms with E-state index in [9.17, 15) is 0 Å². The smallest absolute Gasteiger partial charge is 0.225 e. The molecule has 0 radical (unpaired) electrons. The Morgan fingerprint density at radius 3 is 2.71 bits per heavy atom. The number of anilines is 3. The van der Waals surface area contributed by atoms with E-state index >= 15 is 0 Å². The van der Waals surface area contributed by atoms with Crippen molar-refractivity contribution in [2.24, 2.45) is 0 Å². The molecule has 0 aliphatic heterocycles. The molecule has 1 aromatic carbocycles. The molecule has 1 aromatic heterocycles. The number of nitrogens with zero attached hydrogens (tertiary/aromatic N) is 2. The van der Waals surface area contributed by atoms with Gasteiger partial charge in [0.15, 0.2) is 0 Å². The van der Waals surface area contributed by atoms with E-state index in [1.54, 1.807) is 0 Å². The summed E-state index contributed by atoms with van der Waals surface area (Å²) in [6.45, 7) is 4.61. The normalized spacial score (nSPS) is 15.1. The van der Waals surface area contributed by atoms with Gasteiger partial charge in [-0.15, -0.1) is 0 Å². The van der Waals surface area contributed by atoms with E-state index in [4.69, 9.17) is 4.74 Å². The van der Waals surface area contributed by atoms with Crippen LogP contribution in [0.3, 0.4) is 0 Å². The van der Waals surface area contributed by atoms with Gasteiger partial charge in [0.1, 0.15) is 11.6 Å². The molecule has 3 rings (SSSR count). The first-order chi connectivity index (χ1) is 11.7. The maximum Gasteiger partial charge on any atom is 0.225 e. The number of benzene rings is 1. The van der Waals surface area contributed by atoms with Crippen LogP contribution in [0.15, 0.2) is 30.3 Å². The standard InChI is InChI=1S/C19H26N4O/c1-3-24-17-12-8-7-11-16(17)22-18-13-14(2)20-19(23-18)21-15-9-5-4-6-10-15/h7-8,11-13,15H,3-6,9-10H2,1-2H3,(H2,20,21,22,23). The Balaban J connectivity index is 1.76. The highest BCUT2D eigenvalue weighted by Crippen LogP contribution is 2.27. The summed E-state index contributed by atoms with van der Waals surface area (Å²) < 4.78 is 5.67. The fourth-order valence-corrected chi connectivity index (χ4v) is 3.12. The zero-order valence-corrected chi connectivity index (χ0v) is 14.5. The molecule has 0 spiro atoms. The van der Waals surface area contributed by atoms with Crippen LogP contribution in [0.4, 0.5) is 17.5 Å². The predicted molar refractivity (Wildman–Crippen MR) is 98.2 cm³/mol. The van der Waals surface area contributed by atoms with Gasteiger partial charge in [0.2, 0.25) is 5.95 Å². The van der Waals surface area contributed by atoms with E-state index in [1.165, 1.54) is 32.1 Å². The summed E-state index contributed by atoms with van der Waals surface area (Å²) in [5, 5.41) is 6.85. The van der Waals surface area contributed by atoms with Crippen LogP contribution < -0.4 is 15.4 Å². The Hall–Kier alpha value is -2.30. The second-order valence-corrected chi connectivity index (χ2v) is 6.25. The number of ether oxygens (including phenoxy) is 1. The van der Waals surface area contributed by atoms with Crippen LogP contribution in [0.5, 0.6) is 5.75 Å². The molecule has 0 atom stereocenters. The zero-order valence-electron chi connectivity index (χ0n) is 14.5. The van der Waals surface area contributed by atoms with Crippen LogP contribution in [-0.2, 0) is 0 Å². The summed E-state index contributed by atoms with van der Waals surface area (Å²) >= 11 is 0. The molecule has 0 amide bonds. The Morgan fingerprint density at radius 2 is 1.92 bits per heavy atom. The minimum Gasteiger partial charge on any atom is -0.492 e. The van der Waals surface area contributed by atoms with Gasteiger partial charge in [0.25, 0.3) is 0 Å².